The van der Waals surface area contributed by atoms with Crippen molar-refractivity contribution in [3.8, 4) is 11.5 Å². The first-order valence-electron chi connectivity index (χ1n) is 7.08. The van der Waals surface area contributed by atoms with Crippen molar-refractivity contribution in [3.63, 3.8) is 0 Å². The van der Waals surface area contributed by atoms with E-state index >= 15 is 0 Å². The minimum atomic E-state index is 0.160. The zero-order valence-corrected chi connectivity index (χ0v) is 12.2. The van der Waals surface area contributed by atoms with Crippen LogP contribution >= 0.6 is 0 Å². The number of benzene rings is 1. The molecule has 0 aromatic heterocycles. The zero-order chi connectivity index (χ0) is 14.1. The normalized spacial score (nSPS) is 22.5. The van der Waals surface area contributed by atoms with Crippen LogP contribution < -0.4 is 9.47 Å². The quantitative estimate of drug-likeness (QED) is 0.801. The Balaban J connectivity index is 1.52. The highest BCUT2D eigenvalue weighted by Crippen LogP contribution is 2.30. The van der Waals surface area contributed by atoms with Gasteiger partial charge in [-0.15, -0.1) is 0 Å². The van der Waals surface area contributed by atoms with E-state index in [9.17, 15) is 0 Å². The van der Waals surface area contributed by atoms with E-state index in [2.05, 4.69) is 13.8 Å². The summed E-state index contributed by atoms with van der Waals surface area (Å²) < 4.78 is 22.1. The maximum Gasteiger partial charge on any atom is 0.123 e. The van der Waals surface area contributed by atoms with Crippen molar-refractivity contribution in [2.24, 2.45) is 10.8 Å². The zero-order valence-electron chi connectivity index (χ0n) is 12.2. The van der Waals surface area contributed by atoms with Crippen molar-refractivity contribution < 1.29 is 18.9 Å². The Morgan fingerprint density at radius 1 is 0.900 bits per heavy atom. The van der Waals surface area contributed by atoms with E-state index in [1.807, 2.05) is 24.3 Å². The summed E-state index contributed by atoms with van der Waals surface area (Å²) >= 11 is 0. The number of ether oxygens (including phenoxy) is 4. The van der Waals surface area contributed by atoms with Gasteiger partial charge in [0.05, 0.1) is 39.6 Å². The summed E-state index contributed by atoms with van der Waals surface area (Å²) in [5, 5.41) is 0. The highest BCUT2D eigenvalue weighted by Gasteiger charge is 2.35. The third kappa shape index (κ3) is 3.07. The molecule has 20 heavy (non-hydrogen) atoms. The van der Waals surface area contributed by atoms with E-state index in [0.29, 0.717) is 13.2 Å². The molecule has 4 heteroatoms. The molecule has 1 aromatic rings. The molecule has 2 heterocycles. The first kappa shape index (κ1) is 13.7. The molecule has 2 fully saturated rings. The molecule has 2 aliphatic rings. The van der Waals surface area contributed by atoms with Crippen LogP contribution in [0.5, 0.6) is 11.5 Å². The lowest BCUT2D eigenvalue weighted by molar-refractivity contribution is -0.121. The Kier molecular flexibility index (Phi) is 3.61. The largest absolute Gasteiger partial charge is 0.493 e. The molecule has 110 valence electrons. The van der Waals surface area contributed by atoms with Gasteiger partial charge in [-0.2, -0.15) is 0 Å². The maximum atomic E-state index is 5.84. The fourth-order valence-corrected chi connectivity index (χ4v) is 2.24. The highest BCUT2D eigenvalue weighted by atomic mass is 16.5. The van der Waals surface area contributed by atoms with Crippen LogP contribution in [0.25, 0.3) is 0 Å². The summed E-state index contributed by atoms with van der Waals surface area (Å²) in [6, 6.07) is 7.84. The summed E-state index contributed by atoms with van der Waals surface area (Å²) in [7, 11) is 0. The van der Waals surface area contributed by atoms with Crippen LogP contribution in [-0.2, 0) is 9.47 Å². The maximum absolute atomic E-state index is 5.84. The number of rotatable bonds is 6. The van der Waals surface area contributed by atoms with Crippen LogP contribution in [0, 0.1) is 10.8 Å². The summed E-state index contributed by atoms with van der Waals surface area (Å²) in [5.41, 5.74) is 0.321. The van der Waals surface area contributed by atoms with Gasteiger partial charge in [0.25, 0.3) is 0 Å². The van der Waals surface area contributed by atoms with E-state index in [4.69, 9.17) is 18.9 Å². The summed E-state index contributed by atoms with van der Waals surface area (Å²) in [5.74, 6) is 1.70. The Bertz CT molecular complexity index is 424. The SMILES string of the molecule is CC1(COc2cccc(OCC3(C)COC3)c2)COC1. The van der Waals surface area contributed by atoms with Gasteiger partial charge >= 0.3 is 0 Å². The Morgan fingerprint density at radius 2 is 1.35 bits per heavy atom. The molecule has 0 aliphatic carbocycles. The molecule has 0 atom stereocenters. The van der Waals surface area contributed by atoms with Crippen molar-refractivity contribution in [2.75, 3.05) is 39.6 Å². The topological polar surface area (TPSA) is 36.9 Å². The Hall–Kier alpha value is -1.26. The molecule has 0 amide bonds. The molecule has 1 aromatic carbocycles. The second kappa shape index (κ2) is 5.26. The van der Waals surface area contributed by atoms with Crippen molar-refractivity contribution >= 4 is 0 Å². The minimum Gasteiger partial charge on any atom is -0.493 e. The van der Waals surface area contributed by atoms with E-state index in [1.54, 1.807) is 0 Å². The molecule has 0 bridgehead atoms. The lowest BCUT2D eigenvalue weighted by atomic mass is 9.90. The second-order valence-electron chi connectivity index (χ2n) is 6.66. The molecule has 3 rings (SSSR count). The summed E-state index contributed by atoms with van der Waals surface area (Å²) in [6.07, 6.45) is 0. The molecule has 2 aliphatic heterocycles. The van der Waals surface area contributed by atoms with E-state index < -0.39 is 0 Å². The van der Waals surface area contributed by atoms with E-state index in [1.165, 1.54) is 0 Å². The van der Waals surface area contributed by atoms with Crippen LogP contribution in [0.3, 0.4) is 0 Å². The molecule has 0 radical (unpaired) electrons. The Morgan fingerprint density at radius 3 is 1.70 bits per heavy atom. The third-order valence-electron chi connectivity index (χ3n) is 3.78. The van der Waals surface area contributed by atoms with Gasteiger partial charge in [-0.05, 0) is 12.1 Å². The van der Waals surface area contributed by atoms with Crippen molar-refractivity contribution in [1.82, 2.24) is 0 Å². The predicted octanol–water partition coefficient (Wildman–Crippen LogP) is 2.52. The van der Waals surface area contributed by atoms with Gasteiger partial charge in [0.2, 0.25) is 0 Å². The van der Waals surface area contributed by atoms with Gasteiger partial charge in [0.1, 0.15) is 11.5 Å². The monoisotopic (exact) mass is 278 g/mol. The van der Waals surface area contributed by atoms with E-state index in [0.717, 1.165) is 37.9 Å². The van der Waals surface area contributed by atoms with E-state index in [-0.39, 0.29) is 10.8 Å². The lowest BCUT2D eigenvalue weighted by Gasteiger charge is -2.38. The van der Waals surface area contributed by atoms with Gasteiger partial charge in [0, 0.05) is 16.9 Å². The first-order chi connectivity index (χ1) is 9.57. The van der Waals surface area contributed by atoms with Gasteiger partial charge in [-0.25, -0.2) is 0 Å². The second-order valence-corrected chi connectivity index (χ2v) is 6.66. The number of hydrogen-bond acceptors (Lipinski definition) is 4. The van der Waals surface area contributed by atoms with Gasteiger partial charge < -0.3 is 18.9 Å². The highest BCUT2D eigenvalue weighted by molar-refractivity contribution is 5.33. The van der Waals surface area contributed by atoms with Gasteiger partial charge in [0.15, 0.2) is 0 Å². The lowest BCUT2D eigenvalue weighted by Crippen LogP contribution is -2.44. The molecule has 2 saturated heterocycles. The number of hydrogen-bond donors (Lipinski definition) is 0. The molecule has 0 saturated carbocycles. The fraction of sp³-hybridized carbons (Fsp3) is 0.625. The Labute approximate surface area is 120 Å². The van der Waals surface area contributed by atoms with Crippen molar-refractivity contribution in [2.45, 2.75) is 13.8 Å². The third-order valence-corrected chi connectivity index (χ3v) is 3.78. The average Bonchev–Trinajstić information content (AvgIpc) is 2.39. The fourth-order valence-electron chi connectivity index (χ4n) is 2.24. The molecule has 4 nitrogen and oxygen atoms in total. The van der Waals surface area contributed by atoms with Gasteiger partial charge in [-0.3, -0.25) is 0 Å². The van der Waals surface area contributed by atoms with Crippen LogP contribution in [-0.4, -0.2) is 39.6 Å². The molecular weight excluding hydrogens is 256 g/mol. The molecule has 0 spiro atoms. The standard InChI is InChI=1S/C16H22O4/c1-15(7-17-8-15)11-19-13-4-3-5-14(6-13)20-12-16(2)9-18-10-16/h3-6H,7-12H2,1-2H3. The first-order valence-corrected chi connectivity index (χ1v) is 7.08. The molecular formula is C16H22O4. The molecule has 0 unspecified atom stereocenters. The van der Waals surface area contributed by atoms with Crippen LogP contribution in [0.2, 0.25) is 0 Å². The van der Waals surface area contributed by atoms with Crippen LogP contribution in [0.15, 0.2) is 24.3 Å². The van der Waals surface area contributed by atoms with Crippen molar-refractivity contribution in [3.05, 3.63) is 24.3 Å². The predicted molar refractivity (Wildman–Crippen MR) is 75.3 cm³/mol. The van der Waals surface area contributed by atoms with Crippen LogP contribution in [0.1, 0.15) is 13.8 Å². The van der Waals surface area contributed by atoms with Crippen LogP contribution in [0.4, 0.5) is 0 Å². The van der Waals surface area contributed by atoms with Gasteiger partial charge in [-0.1, -0.05) is 19.9 Å². The smallest absolute Gasteiger partial charge is 0.123 e. The summed E-state index contributed by atoms with van der Waals surface area (Å²) in [4.78, 5) is 0. The average molecular weight is 278 g/mol. The van der Waals surface area contributed by atoms with Crippen molar-refractivity contribution in [1.29, 1.82) is 0 Å². The summed E-state index contributed by atoms with van der Waals surface area (Å²) in [6.45, 7) is 8.83. The minimum absolute atomic E-state index is 0.160. The molecule has 0 N–H and O–H groups in total.